The molecule has 0 aliphatic rings. The van der Waals surface area contributed by atoms with Crippen LogP contribution in [0, 0.1) is 10.1 Å². The second kappa shape index (κ2) is 8.78. The Labute approximate surface area is 147 Å². The summed E-state index contributed by atoms with van der Waals surface area (Å²) in [4.78, 5) is 34.3. The highest BCUT2D eigenvalue weighted by atomic mass is 32.1. The summed E-state index contributed by atoms with van der Waals surface area (Å²) in [5.74, 6) is -0.833. The van der Waals surface area contributed by atoms with Crippen LogP contribution in [0.25, 0.3) is 0 Å². The van der Waals surface area contributed by atoms with Gasteiger partial charge >= 0.3 is 5.97 Å². The zero-order valence-electron chi connectivity index (χ0n) is 13.3. The molecule has 1 aromatic heterocycles. The minimum Gasteiger partial charge on any atom is -0.482 e. The number of carbonyl (C=O) groups is 2. The van der Waals surface area contributed by atoms with Gasteiger partial charge in [0.15, 0.2) is 13.2 Å². The van der Waals surface area contributed by atoms with Crippen molar-refractivity contribution in [3.63, 3.8) is 0 Å². The van der Waals surface area contributed by atoms with Crippen molar-refractivity contribution in [3.8, 4) is 5.75 Å². The third kappa shape index (κ3) is 5.88. The molecule has 9 heteroatoms. The van der Waals surface area contributed by atoms with E-state index in [1.165, 1.54) is 35.6 Å². The van der Waals surface area contributed by atoms with Crippen LogP contribution in [0.2, 0.25) is 0 Å². The summed E-state index contributed by atoms with van der Waals surface area (Å²) in [6, 6.07) is 8.90. The number of nitro groups is 1. The summed E-state index contributed by atoms with van der Waals surface area (Å²) in [5, 5.41) is 15.2. The zero-order chi connectivity index (χ0) is 18.2. The first-order valence-electron chi connectivity index (χ1n) is 7.31. The minimum absolute atomic E-state index is 0.0774. The fourth-order valence-corrected chi connectivity index (χ4v) is 2.62. The lowest BCUT2D eigenvalue weighted by atomic mass is 10.3. The predicted octanol–water partition coefficient (Wildman–Crippen LogP) is 2.46. The van der Waals surface area contributed by atoms with Crippen molar-refractivity contribution in [2.24, 2.45) is 0 Å². The largest absolute Gasteiger partial charge is 0.482 e. The van der Waals surface area contributed by atoms with E-state index in [-0.39, 0.29) is 11.7 Å². The summed E-state index contributed by atoms with van der Waals surface area (Å²) in [6.45, 7) is 1.03. The van der Waals surface area contributed by atoms with Crippen molar-refractivity contribution < 1.29 is 24.0 Å². The van der Waals surface area contributed by atoms with Gasteiger partial charge < -0.3 is 14.8 Å². The Balaban J connectivity index is 1.69. The van der Waals surface area contributed by atoms with Gasteiger partial charge in [-0.05, 0) is 30.5 Å². The molecule has 0 aliphatic heterocycles. The molecule has 1 aromatic carbocycles. The predicted molar refractivity (Wildman–Crippen MR) is 90.4 cm³/mol. The number of thiophene rings is 1. The van der Waals surface area contributed by atoms with E-state index < -0.39 is 30.0 Å². The molecule has 0 bridgehead atoms. The summed E-state index contributed by atoms with van der Waals surface area (Å²) in [6.07, 6.45) is 0. The molecule has 0 radical (unpaired) electrons. The monoisotopic (exact) mass is 364 g/mol. The molecule has 0 saturated heterocycles. The fourth-order valence-electron chi connectivity index (χ4n) is 1.89. The average Bonchev–Trinajstić information content (AvgIpc) is 3.13. The molecule has 0 fully saturated rings. The standard InChI is InChI=1S/C16H16N2O6S/c1-11(14-3-2-8-25-14)17-15(19)9-24-16(20)10-23-13-6-4-12(5-7-13)18(21)22/h2-8,11H,9-10H2,1H3,(H,17,19)/t11-/m1/s1. The highest BCUT2D eigenvalue weighted by Crippen LogP contribution is 2.18. The maximum Gasteiger partial charge on any atom is 0.344 e. The quantitative estimate of drug-likeness (QED) is 0.438. The van der Waals surface area contributed by atoms with Crippen LogP contribution in [-0.2, 0) is 14.3 Å². The molecule has 25 heavy (non-hydrogen) atoms. The third-order valence-corrected chi connectivity index (χ3v) is 4.17. The van der Waals surface area contributed by atoms with Crippen molar-refractivity contribution in [1.82, 2.24) is 5.32 Å². The molecule has 0 spiro atoms. The number of benzene rings is 1. The lowest BCUT2D eigenvalue weighted by Gasteiger charge is -2.12. The van der Waals surface area contributed by atoms with Crippen LogP contribution < -0.4 is 10.1 Å². The Bertz CT molecular complexity index is 730. The van der Waals surface area contributed by atoms with E-state index >= 15 is 0 Å². The number of ether oxygens (including phenoxy) is 2. The Kier molecular flexibility index (Phi) is 6.47. The Morgan fingerprint density at radius 1 is 1.24 bits per heavy atom. The van der Waals surface area contributed by atoms with Crippen molar-refractivity contribution in [3.05, 3.63) is 56.8 Å². The van der Waals surface area contributed by atoms with Gasteiger partial charge in [0, 0.05) is 17.0 Å². The SMILES string of the molecule is C[C@@H](NC(=O)COC(=O)COc1ccc([N+](=O)[O-])cc1)c1cccs1. The molecule has 1 amide bonds. The second-order valence-corrected chi connectivity index (χ2v) is 5.98. The van der Waals surface area contributed by atoms with Gasteiger partial charge in [-0.3, -0.25) is 14.9 Å². The maximum absolute atomic E-state index is 11.7. The number of hydrogen-bond acceptors (Lipinski definition) is 7. The molecule has 0 aliphatic carbocycles. The normalized spacial score (nSPS) is 11.4. The number of amides is 1. The van der Waals surface area contributed by atoms with Gasteiger partial charge in [-0.2, -0.15) is 0 Å². The number of hydrogen-bond donors (Lipinski definition) is 1. The molecule has 1 heterocycles. The topological polar surface area (TPSA) is 108 Å². The van der Waals surface area contributed by atoms with E-state index in [2.05, 4.69) is 5.32 Å². The number of nitrogens with zero attached hydrogens (tertiary/aromatic N) is 1. The van der Waals surface area contributed by atoms with Crippen LogP contribution in [-0.4, -0.2) is 30.0 Å². The molecular formula is C16H16N2O6S. The Morgan fingerprint density at radius 3 is 2.56 bits per heavy atom. The van der Waals surface area contributed by atoms with E-state index in [1.807, 2.05) is 24.4 Å². The molecule has 2 rings (SSSR count). The number of nitro benzene ring substituents is 1. The number of rotatable bonds is 8. The highest BCUT2D eigenvalue weighted by molar-refractivity contribution is 7.10. The van der Waals surface area contributed by atoms with Crippen molar-refractivity contribution in [1.29, 1.82) is 0 Å². The first kappa shape index (κ1) is 18.4. The van der Waals surface area contributed by atoms with Gasteiger partial charge in [-0.15, -0.1) is 11.3 Å². The lowest BCUT2D eigenvalue weighted by molar-refractivity contribution is -0.384. The Morgan fingerprint density at radius 2 is 1.96 bits per heavy atom. The first-order valence-corrected chi connectivity index (χ1v) is 8.19. The summed E-state index contributed by atoms with van der Waals surface area (Å²) >= 11 is 1.52. The maximum atomic E-state index is 11.7. The van der Waals surface area contributed by atoms with Crippen LogP contribution in [0.4, 0.5) is 5.69 Å². The molecule has 0 saturated carbocycles. The summed E-state index contributed by atoms with van der Waals surface area (Å²) < 4.78 is 9.97. The van der Waals surface area contributed by atoms with Gasteiger partial charge in [0.2, 0.25) is 0 Å². The van der Waals surface area contributed by atoms with E-state index in [4.69, 9.17) is 9.47 Å². The molecule has 1 N–H and O–H groups in total. The fraction of sp³-hybridized carbons (Fsp3) is 0.250. The molecule has 8 nitrogen and oxygen atoms in total. The third-order valence-electron chi connectivity index (χ3n) is 3.12. The van der Waals surface area contributed by atoms with Crippen LogP contribution in [0.1, 0.15) is 17.8 Å². The van der Waals surface area contributed by atoms with Crippen LogP contribution >= 0.6 is 11.3 Å². The van der Waals surface area contributed by atoms with Crippen molar-refractivity contribution in [2.75, 3.05) is 13.2 Å². The average molecular weight is 364 g/mol. The van der Waals surface area contributed by atoms with Gasteiger partial charge in [-0.1, -0.05) is 6.07 Å². The van der Waals surface area contributed by atoms with Crippen LogP contribution in [0.3, 0.4) is 0 Å². The van der Waals surface area contributed by atoms with E-state index in [9.17, 15) is 19.7 Å². The molecule has 2 aromatic rings. The minimum atomic E-state index is -0.711. The molecule has 1 atom stereocenters. The highest BCUT2D eigenvalue weighted by Gasteiger charge is 2.13. The van der Waals surface area contributed by atoms with Gasteiger partial charge in [0.05, 0.1) is 11.0 Å². The second-order valence-electron chi connectivity index (χ2n) is 5.00. The number of non-ortho nitro benzene ring substituents is 1. The Hall–Kier alpha value is -2.94. The zero-order valence-corrected chi connectivity index (χ0v) is 14.2. The number of nitrogens with one attached hydrogen (secondary N) is 1. The molecule has 0 unspecified atom stereocenters. The van der Waals surface area contributed by atoms with Gasteiger partial charge in [0.1, 0.15) is 5.75 Å². The lowest BCUT2D eigenvalue weighted by Crippen LogP contribution is -2.31. The van der Waals surface area contributed by atoms with Crippen molar-refractivity contribution >= 4 is 28.9 Å². The van der Waals surface area contributed by atoms with Crippen LogP contribution in [0.5, 0.6) is 5.75 Å². The van der Waals surface area contributed by atoms with E-state index in [1.54, 1.807) is 0 Å². The van der Waals surface area contributed by atoms with Gasteiger partial charge in [-0.25, -0.2) is 4.79 Å². The van der Waals surface area contributed by atoms with Crippen molar-refractivity contribution in [2.45, 2.75) is 13.0 Å². The van der Waals surface area contributed by atoms with E-state index in [0.29, 0.717) is 5.75 Å². The smallest absolute Gasteiger partial charge is 0.344 e. The summed E-state index contributed by atoms with van der Waals surface area (Å²) in [5.41, 5.74) is -0.0774. The molecular weight excluding hydrogens is 348 g/mol. The number of esters is 1. The summed E-state index contributed by atoms with van der Waals surface area (Å²) in [7, 11) is 0. The first-order chi connectivity index (χ1) is 12.0. The van der Waals surface area contributed by atoms with Gasteiger partial charge in [0.25, 0.3) is 11.6 Å². The molecule has 132 valence electrons. The number of carbonyl (C=O) groups excluding carboxylic acids is 2. The van der Waals surface area contributed by atoms with Crippen LogP contribution in [0.15, 0.2) is 41.8 Å². The van der Waals surface area contributed by atoms with E-state index in [0.717, 1.165) is 4.88 Å².